The largest absolute Gasteiger partial charge is 0.619 e. The Morgan fingerprint density at radius 2 is 1.83 bits per heavy atom. The first-order valence-electron chi connectivity index (χ1n) is 7.13. The number of nitrogens with zero attached hydrogens (tertiary/aromatic N) is 3. The molecule has 0 fully saturated rings. The van der Waals surface area contributed by atoms with Gasteiger partial charge in [-0.25, -0.2) is 4.98 Å². The zero-order chi connectivity index (χ0) is 16.0. The van der Waals surface area contributed by atoms with Crippen LogP contribution in [0.5, 0.6) is 0 Å². The van der Waals surface area contributed by atoms with Crippen molar-refractivity contribution in [3.63, 3.8) is 0 Å². The third kappa shape index (κ3) is 2.02. The Morgan fingerprint density at radius 3 is 2.65 bits per heavy atom. The van der Waals surface area contributed by atoms with Crippen LogP contribution in [0, 0.1) is 5.21 Å². The maximum Gasteiger partial charge on any atom is 0.218 e. The molecule has 0 aliphatic heterocycles. The molecule has 112 valence electrons. The molecule has 0 radical (unpaired) electrons. The lowest BCUT2D eigenvalue weighted by atomic mass is 10.0. The molecule has 5 nitrogen and oxygen atoms in total. The lowest BCUT2D eigenvalue weighted by Crippen LogP contribution is -1.95. The predicted molar refractivity (Wildman–Crippen MR) is 90.3 cm³/mol. The van der Waals surface area contributed by atoms with Crippen LogP contribution in [-0.2, 0) is 0 Å². The van der Waals surface area contributed by atoms with E-state index in [9.17, 15) is 10.4 Å². The van der Waals surface area contributed by atoms with Crippen molar-refractivity contribution in [3.8, 4) is 11.4 Å². The van der Waals surface area contributed by atoms with E-state index in [1.54, 1.807) is 18.2 Å². The van der Waals surface area contributed by atoms with Crippen LogP contribution in [0.3, 0.4) is 0 Å². The average molecular weight is 303 g/mol. The molecule has 3 aromatic carbocycles. The number of rotatable bonds is 2. The number of hydrogen-bond acceptors (Lipinski definition) is 3. The van der Waals surface area contributed by atoms with Crippen LogP contribution in [0.4, 0.5) is 5.69 Å². The first-order chi connectivity index (χ1) is 11.1. The van der Waals surface area contributed by atoms with E-state index in [1.165, 1.54) is 0 Å². The molecule has 0 atom stereocenters. The van der Waals surface area contributed by atoms with E-state index in [1.807, 2.05) is 42.5 Å². The first-order valence-corrected chi connectivity index (χ1v) is 7.13. The lowest BCUT2D eigenvalue weighted by molar-refractivity contribution is -0.349. The van der Waals surface area contributed by atoms with E-state index < -0.39 is 0 Å². The van der Waals surface area contributed by atoms with Gasteiger partial charge in [0, 0.05) is 17.7 Å². The van der Waals surface area contributed by atoms with E-state index in [0.29, 0.717) is 27.3 Å². The molecule has 0 amide bonds. The van der Waals surface area contributed by atoms with E-state index in [-0.39, 0.29) is 0 Å². The maximum absolute atomic E-state index is 11.3. The summed E-state index contributed by atoms with van der Waals surface area (Å²) < 4.78 is 1.52. The lowest BCUT2D eigenvalue weighted by Gasteiger charge is -2.06. The summed E-state index contributed by atoms with van der Waals surface area (Å²) in [6.07, 6.45) is 0. The molecule has 4 aromatic rings. The minimum Gasteiger partial charge on any atom is -0.619 e. The van der Waals surface area contributed by atoms with Gasteiger partial charge in [-0.15, -0.1) is 0 Å². The number of imidazole rings is 1. The summed E-state index contributed by atoms with van der Waals surface area (Å²) in [4.78, 5) is 4.51. The molecule has 5 heteroatoms. The molecule has 1 aromatic heterocycles. The minimum absolute atomic E-state index is 0.358. The first kappa shape index (κ1) is 13.3. The Kier molecular flexibility index (Phi) is 2.81. The van der Waals surface area contributed by atoms with Crippen LogP contribution in [0.2, 0.25) is 0 Å². The zero-order valence-electron chi connectivity index (χ0n) is 12.2. The van der Waals surface area contributed by atoms with Gasteiger partial charge >= 0.3 is 0 Å². The van der Waals surface area contributed by atoms with Crippen molar-refractivity contribution in [2.45, 2.75) is 0 Å². The third-order valence-corrected chi connectivity index (χ3v) is 3.93. The monoisotopic (exact) mass is 303 g/mol. The van der Waals surface area contributed by atoms with E-state index in [4.69, 9.17) is 0 Å². The highest BCUT2D eigenvalue weighted by molar-refractivity contribution is 5.96. The summed E-state index contributed by atoms with van der Waals surface area (Å²) in [5, 5.41) is 23.9. The second-order valence-corrected chi connectivity index (χ2v) is 5.33. The van der Waals surface area contributed by atoms with Gasteiger partial charge in [0.15, 0.2) is 5.82 Å². The summed E-state index contributed by atoms with van der Waals surface area (Å²) in [5.74, 6) is 0.440. The molecule has 0 spiro atoms. The molecule has 0 aliphatic rings. The van der Waals surface area contributed by atoms with Crippen LogP contribution in [-0.4, -0.2) is 26.4 Å². The summed E-state index contributed by atoms with van der Waals surface area (Å²) >= 11 is 0. The molecular weight excluding hydrogens is 290 g/mol. The van der Waals surface area contributed by atoms with Crippen molar-refractivity contribution in [2.24, 2.45) is 0 Å². The number of hydrogen-bond donors (Lipinski definition) is 1. The summed E-state index contributed by atoms with van der Waals surface area (Å²) in [5.41, 5.74) is 2.27. The normalized spacial score (nSPS) is 11.1. The fourth-order valence-electron chi connectivity index (χ4n) is 2.80. The Labute approximate surface area is 131 Å². The van der Waals surface area contributed by atoms with Crippen LogP contribution < -0.4 is 0 Å². The minimum atomic E-state index is 0.358. The van der Waals surface area contributed by atoms with Crippen molar-refractivity contribution in [1.29, 1.82) is 0 Å². The standard InChI is InChI=1S/C18H13N3O2/c1-20(22)13-9-10-16-17(11-13)21(23)18(19-16)15-8-4-6-12-5-2-3-7-14(12)15/h2-11,23H,1H2. The Hall–Kier alpha value is -3.34. The molecule has 1 heterocycles. The molecule has 0 saturated heterocycles. The summed E-state index contributed by atoms with van der Waals surface area (Å²) in [6, 6.07) is 18.7. The highest BCUT2D eigenvalue weighted by atomic mass is 16.5. The SMILES string of the molecule is C=[N+]([O-])c1ccc2nc(-c3cccc4ccccc34)n(O)c2c1. The second kappa shape index (κ2) is 4.84. The molecule has 0 saturated carbocycles. The van der Waals surface area contributed by atoms with E-state index >= 15 is 0 Å². The van der Waals surface area contributed by atoms with Gasteiger partial charge in [-0.05, 0) is 16.8 Å². The average Bonchev–Trinajstić information content (AvgIpc) is 2.90. The van der Waals surface area contributed by atoms with Crippen molar-refractivity contribution >= 4 is 34.2 Å². The molecular formula is C18H13N3O2. The van der Waals surface area contributed by atoms with Crippen molar-refractivity contribution in [2.75, 3.05) is 0 Å². The van der Waals surface area contributed by atoms with Gasteiger partial charge in [-0.1, -0.05) is 42.5 Å². The topological polar surface area (TPSA) is 64.1 Å². The van der Waals surface area contributed by atoms with E-state index in [0.717, 1.165) is 21.1 Å². The fourth-order valence-corrected chi connectivity index (χ4v) is 2.80. The van der Waals surface area contributed by atoms with Gasteiger partial charge < -0.3 is 10.4 Å². The van der Waals surface area contributed by atoms with Gasteiger partial charge in [-0.2, -0.15) is 9.47 Å². The summed E-state index contributed by atoms with van der Waals surface area (Å²) in [7, 11) is 0. The Morgan fingerprint density at radius 1 is 1.04 bits per heavy atom. The number of fused-ring (bicyclic) bond motifs is 2. The zero-order valence-corrected chi connectivity index (χ0v) is 12.2. The van der Waals surface area contributed by atoms with Gasteiger partial charge in [0.2, 0.25) is 5.69 Å². The second-order valence-electron chi connectivity index (χ2n) is 5.33. The highest BCUT2D eigenvalue weighted by Crippen LogP contribution is 2.31. The number of benzene rings is 3. The van der Waals surface area contributed by atoms with Gasteiger partial charge in [0.25, 0.3) is 0 Å². The van der Waals surface area contributed by atoms with Gasteiger partial charge in [-0.3, -0.25) is 0 Å². The molecule has 0 unspecified atom stereocenters. The van der Waals surface area contributed by atoms with Crippen LogP contribution in [0.25, 0.3) is 33.2 Å². The fraction of sp³-hybridized carbons (Fsp3) is 0. The number of aromatic nitrogens is 2. The Bertz CT molecular complexity index is 1060. The van der Waals surface area contributed by atoms with Crippen LogP contribution >= 0.6 is 0 Å². The highest BCUT2D eigenvalue weighted by Gasteiger charge is 2.15. The van der Waals surface area contributed by atoms with Gasteiger partial charge in [0.1, 0.15) is 12.2 Å². The van der Waals surface area contributed by atoms with Gasteiger partial charge in [0.05, 0.1) is 5.52 Å². The molecule has 1 N–H and O–H groups in total. The van der Waals surface area contributed by atoms with Crippen LogP contribution in [0.1, 0.15) is 0 Å². The molecule has 0 aliphatic carbocycles. The van der Waals surface area contributed by atoms with E-state index in [2.05, 4.69) is 11.7 Å². The Balaban J connectivity index is 2.01. The van der Waals surface area contributed by atoms with Crippen molar-refractivity contribution in [1.82, 2.24) is 9.71 Å². The third-order valence-electron chi connectivity index (χ3n) is 3.93. The predicted octanol–water partition coefficient (Wildman–Crippen LogP) is 3.94. The quantitative estimate of drug-likeness (QED) is 0.200. The smallest absolute Gasteiger partial charge is 0.218 e. The molecule has 23 heavy (non-hydrogen) atoms. The summed E-state index contributed by atoms with van der Waals surface area (Å²) in [6.45, 7) is 3.32. The van der Waals surface area contributed by atoms with Crippen LogP contribution in [0.15, 0.2) is 60.7 Å². The van der Waals surface area contributed by atoms with Crippen molar-refractivity contribution in [3.05, 3.63) is 65.9 Å². The molecule has 0 bridgehead atoms. The maximum atomic E-state index is 11.3. The van der Waals surface area contributed by atoms with Crippen molar-refractivity contribution < 1.29 is 9.95 Å². The molecule has 4 rings (SSSR count).